The Balaban J connectivity index is 1.80. The first-order valence-corrected chi connectivity index (χ1v) is 6.36. The van der Waals surface area contributed by atoms with E-state index in [1.807, 2.05) is 30.3 Å². The van der Waals surface area contributed by atoms with Gasteiger partial charge in [0.2, 0.25) is 0 Å². The minimum absolute atomic E-state index is 0.113. The predicted molar refractivity (Wildman–Crippen MR) is 68.9 cm³/mol. The second-order valence-corrected chi connectivity index (χ2v) is 4.61. The fourth-order valence-electron chi connectivity index (χ4n) is 2.12. The van der Waals surface area contributed by atoms with Crippen LogP contribution in [0.1, 0.15) is 18.4 Å². The minimum atomic E-state index is -0.935. The van der Waals surface area contributed by atoms with Gasteiger partial charge in [-0.1, -0.05) is 30.3 Å². The number of carbonyl (C=O) groups excluding carboxylic acids is 1. The summed E-state index contributed by atoms with van der Waals surface area (Å²) in [6.45, 7) is 1.16. The SMILES string of the molecule is O=C(O)CC1CCN(CCc2ccccc2)C(=O)O1. The number of carboxylic acid groups (broad SMARTS) is 1. The van der Waals surface area contributed by atoms with E-state index in [2.05, 4.69) is 0 Å². The normalized spacial score (nSPS) is 19.1. The largest absolute Gasteiger partial charge is 0.481 e. The van der Waals surface area contributed by atoms with Crippen molar-refractivity contribution in [1.82, 2.24) is 4.90 Å². The highest BCUT2D eigenvalue weighted by atomic mass is 16.6. The Morgan fingerprint density at radius 3 is 2.74 bits per heavy atom. The third kappa shape index (κ3) is 3.98. The lowest BCUT2D eigenvalue weighted by atomic mass is 10.1. The zero-order valence-corrected chi connectivity index (χ0v) is 10.6. The molecule has 1 fully saturated rings. The van der Waals surface area contributed by atoms with E-state index in [0.717, 1.165) is 6.42 Å². The lowest BCUT2D eigenvalue weighted by Crippen LogP contribution is -2.43. The number of carboxylic acids is 1. The number of aliphatic carboxylic acids is 1. The maximum Gasteiger partial charge on any atom is 0.410 e. The van der Waals surface area contributed by atoms with Crippen LogP contribution in [0.3, 0.4) is 0 Å². The molecule has 0 radical (unpaired) electrons. The first-order chi connectivity index (χ1) is 9.15. The number of benzene rings is 1. The van der Waals surface area contributed by atoms with Gasteiger partial charge >= 0.3 is 12.1 Å². The van der Waals surface area contributed by atoms with Crippen molar-refractivity contribution in [3.8, 4) is 0 Å². The quantitative estimate of drug-likeness (QED) is 0.881. The molecule has 0 aromatic heterocycles. The van der Waals surface area contributed by atoms with E-state index >= 15 is 0 Å². The summed E-state index contributed by atoms with van der Waals surface area (Å²) in [5, 5.41) is 8.67. The van der Waals surface area contributed by atoms with Gasteiger partial charge in [0.25, 0.3) is 0 Å². The van der Waals surface area contributed by atoms with Gasteiger partial charge in [-0.3, -0.25) is 4.79 Å². The fraction of sp³-hybridized carbons (Fsp3) is 0.429. The highest BCUT2D eigenvalue weighted by Gasteiger charge is 2.28. The minimum Gasteiger partial charge on any atom is -0.481 e. The molecule has 0 saturated carbocycles. The molecule has 5 nitrogen and oxygen atoms in total. The van der Waals surface area contributed by atoms with Gasteiger partial charge < -0.3 is 14.7 Å². The number of nitrogens with zero attached hydrogens (tertiary/aromatic N) is 1. The van der Waals surface area contributed by atoms with Crippen molar-refractivity contribution in [3.05, 3.63) is 35.9 Å². The van der Waals surface area contributed by atoms with Gasteiger partial charge in [0.1, 0.15) is 6.10 Å². The number of carbonyl (C=O) groups is 2. The highest BCUT2D eigenvalue weighted by Crippen LogP contribution is 2.15. The smallest absolute Gasteiger partial charge is 0.410 e. The molecule has 1 aliphatic rings. The molecule has 2 rings (SSSR count). The molecule has 5 heteroatoms. The number of rotatable bonds is 5. The van der Waals surface area contributed by atoms with Crippen molar-refractivity contribution in [3.63, 3.8) is 0 Å². The van der Waals surface area contributed by atoms with E-state index in [0.29, 0.717) is 19.5 Å². The topological polar surface area (TPSA) is 66.8 Å². The summed E-state index contributed by atoms with van der Waals surface area (Å²) in [6.07, 6.45) is 0.344. The second-order valence-electron chi connectivity index (χ2n) is 4.61. The van der Waals surface area contributed by atoms with Crippen molar-refractivity contribution in [2.75, 3.05) is 13.1 Å². The molecule has 1 saturated heterocycles. The van der Waals surface area contributed by atoms with Crippen molar-refractivity contribution in [2.45, 2.75) is 25.4 Å². The summed E-state index contributed by atoms with van der Waals surface area (Å²) in [5.74, 6) is -0.935. The Labute approximate surface area is 111 Å². The van der Waals surface area contributed by atoms with E-state index in [1.165, 1.54) is 5.56 Å². The van der Waals surface area contributed by atoms with Crippen LogP contribution >= 0.6 is 0 Å². The van der Waals surface area contributed by atoms with Crippen LogP contribution in [0, 0.1) is 0 Å². The maximum atomic E-state index is 11.7. The van der Waals surface area contributed by atoms with E-state index < -0.39 is 18.2 Å². The second kappa shape index (κ2) is 6.22. The van der Waals surface area contributed by atoms with Crippen molar-refractivity contribution < 1.29 is 19.4 Å². The number of amides is 1. The molecular formula is C14H17NO4. The Hall–Kier alpha value is -2.04. The van der Waals surface area contributed by atoms with Gasteiger partial charge in [0, 0.05) is 19.5 Å². The van der Waals surface area contributed by atoms with Crippen molar-refractivity contribution >= 4 is 12.1 Å². The molecule has 1 heterocycles. The zero-order chi connectivity index (χ0) is 13.7. The molecule has 102 valence electrons. The van der Waals surface area contributed by atoms with Crippen molar-refractivity contribution in [1.29, 1.82) is 0 Å². The molecule has 1 N–H and O–H groups in total. The number of hydrogen-bond acceptors (Lipinski definition) is 3. The summed E-state index contributed by atoms with van der Waals surface area (Å²) in [5.41, 5.74) is 1.17. The molecule has 0 bridgehead atoms. The van der Waals surface area contributed by atoms with Crippen LogP contribution in [0.25, 0.3) is 0 Å². The summed E-state index contributed by atoms with van der Waals surface area (Å²) < 4.78 is 5.10. The standard InChI is InChI=1S/C14H17NO4/c16-13(17)10-12-7-9-15(14(18)19-12)8-6-11-4-2-1-3-5-11/h1-5,12H,6-10H2,(H,16,17). The molecule has 0 spiro atoms. The van der Waals surface area contributed by atoms with Gasteiger partial charge in [-0.05, 0) is 12.0 Å². The van der Waals surface area contributed by atoms with Crippen molar-refractivity contribution in [2.24, 2.45) is 0 Å². The van der Waals surface area contributed by atoms with Gasteiger partial charge in [-0.25, -0.2) is 4.79 Å². The lowest BCUT2D eigenvalue weighted by Gasteiger charge is -2.31. The molecule has 1 aromatic rings. The van der Waals surface area contributed by atoms with Gasteiger partial charge in [-0.15, -0.1) is 0 Å². The van der Waals surface area contributed by atoms with E-state index in [4.69, 9.17) is 9.84 Å². The average Bonchev–Trinajstić information content (AvgIpc) is 2.38. The molecule has 1 atom stereocenters. The molecule has 1 unspecified atom stereocenters. The zero-order valence-electron chi connectivity index (χ0n) is 10.6. The fourth-order valence-corrected chi connectivity index (χ4v) is 2.12. The summed E-state index contributed by atoms with van der Waals surface area (Å²) in [6, 6.07) is 9.92. The molecule has 19 heavy (non-hydrogen) atoms. The van der Waals surface area contributed by atoms with Crippen LogP contribution in [-0.4, -0.2) is 41.3 Å². The van der Waals surface area contributed by atoms with Crippen LogP contribution in [0.2, 0.25) is 0 Å². The first kappa shape index (κ1) is 13.4. The van der Waals surface area contributed by atoms with Gasteiger partial charge in [-0.2, -0.15) is 0 Å². The molecule has 1 amide bonds. The van der Waals surface area contributed by atoms with Crippen LogP contribution in [0.4, 0.5) is 4.79 Å². The van der Waals surface area contributed by atoms with Crippen LogP contribution in [-0.2, 0) is 16.0 Å². The van der Waals surface area contributed by atoms with Gasteiger partial charge in [0.15, 0.2) is 0 Å². The lowest BCUT2D eigenvalue weighted by molar-refractivity contribution is -0.139. The Morgan fingerprint density at radius 1 is 1.37 bits per heavy atom. The summed E-state index contributed by atoms with van der Waals surface area (Å²) >= 11 is 0. The average molecular weight is 263 g/mol. The summed E-state index contributed by atoms with van der Waals surface area (Å²) in [4.78, 5) is 23.9. The highest BCUT2D eigenvalue weighted by molar-refractivity contribution is 5.71. The van der Waals surface area contributed by atoms with Gasteiger partial charge in [0.05, 0.1) is 6.42 Å². The van der Waals surface area contributed by atoms with Crippen LogP contribution in [0.5, 0.6) is 0 Å². The Morgan fingerprint density at radius 2 is 2.11 bits per heavy atom. The van der Waals surface area contributed by atoms with E-state index in [1.54, 1.807) is 4.90 Å². The predicted octanol–water partition coefficient (Wildman–Crippen LogP) is 1.91. The first-order valence-electron chi connectivity index (χ1n) is 6.36. The number of cyclic esters (lactones) is 1. The van der Waals surface area contributed by atoms with E-state index in [9.17, 15) is 9.59 Å². The third-order valence-electron chi connectivity index (χ3n) is 3.16. The maximum absolute atomic E-state index is 11.7. The van der Waals surface area contributed by atoms with Crippen LogP contribution < -0.4 is 0 Å². The molecule has 0 aliphatic carbocycles. The number of ether oxygens (including phenoxy) is 1. The Kier molecular flexibility index (Phi) is 4.39. The van der Waals surface area contributed by atoms with E-state index in [-0.39, 0.29) is 6.42 Å². The Bertz CT molecular complexity index is 446. The summed E-state index contributed by atoms with van der Waals surface area (Å²) in [7, 11) is 0. The van der Waals surface area contributed by atoms with Crippen LogP contribution in [0.15, 0.2) is 30.3 Å². The molecular weight excluding hydrogens is 246 g/mol. The molecule has 1 aliphatic heterocycles. The molecule has 1 aromatic carbocycles. The third-order valence-corrected chi connectivity index (χ3v) is 3.16. The number of hydrogen-bond donors (Lipinski definition) is 1. The monoisotopic (exact) mass is 263 g/mol.